The van der Waals surface area contributed by atoms with Gasteiger partial charge in [-0.05, 0) is 25.0 Å². The van der Waals surface area contributed by atoms with E-state index in [1.165, 1.54) is 0 Å². The van der Waals surface area contributed by atoms with Crippen molar-refractivity contribution in [3.63, 3.8) is 0 Å². The zero-order valence-electron chi connectivity index (χ0n) is 12.3. The molecule has 0 bridgehead atoms. The van der Waals surface area contributed by atoms with Crippen LogP contribution in [0.2, 0.25) is 0 Å². The number of aryl methyl sites for hydroxylation is 1. The van der Waals surface area contributed by atoms with Crippen LogP contribution in [0.3, 0.4) is 0 Å². The molecular formula is C15H20N4OS. The summed E-state index contributed by atoms with van der Waals surface area (Å²) in [6.45, 7) is 5.50. The maximum absolute atomic E-state index is 12.0. The van der Waals surface area contributed by atoms with Gasteiger partial charge in [-0.1, -0.05) is 13.8 Å². The van der Waals surface area contributed by atoms with Gasteiger partial charge in [0.05, 0.1) is 17.8 Å². The van der Waals surface area contributed by atoms with E-state index in [-0.39, 0.29) is 5.91 Å². The third kappa shape index (κ3) is 4.53. The summed E-state index contributed by atoms with van der Waals surface area (Å²) in [5, 5.41) is 8.99. The Hall–Kier alpha value is -1.95. The summed E-state index contributed by atoms with van der Waals surface area (Å²) in [5.41, 5.74) is 1.63. The molecule has 2 aromatic rings. The summed E-state index contributed by atoms with van der Waals surface area (Å²) < 4.78 is 0. The number of carbonyl (C=O) groups excluding carboxylic acids is 1. The molecule has 0 aliphatic carbocycles. The van der Waals surface area contributed by atoms with Gasteiger partial charge >= 0.3 is 0 Å². The van der Waals surface area contributed by atoms with Gasteiger partial charge in [-0.2, -0.15) is 0 Å². The van der Waals surface area contributed by atoms with Crippen LogP contribution in [-0.4, -0.2) is 22.4 Å². The number of rotatable bonds is 7. The lowest BCUT2D eigenvalue weighted by Gasteiger charge is -2.05. The van der Waals surface area contributed by atoms with Crippen LogP contribution in [0.4, 0.5) is 5.82 Å². The van der Waals surface area contributed by atoms with E-state index < -0.39 is 0 Å². The molecule has 2 aromatic heterocycles. The van der Waals surface area contributed by atoms with Crippen LogP contribution in [0.25, 0.3) is 0 Å². The highest BCUT2D eigenvalue weighted by molar-refractivity contribution is 7.09. The molecule has 0 saturated heterocycles. The Morgan fingerprint density at radius 2 is 2.19 bits per heavy atom. The van der Waals surface area contributed by atoms with Gasteiger partial charge in [0.1, 0.15) is 10.8 Å². The lowest BCUT2D eigenvalue weighted by atomic mass is 10.2. The molecule has 0 aliphatic rings. The molecule has 0 atom stereocenters. The number of nitrogens with one attached hydrogen (secondary N) is 2. The Morgan fingerprint density at radius 3 is 2.81 bits per heavy atom. The monoisotopic (exact) mass is 304 g/mol. The largest absolute Gasteiger partial charge is 0.370 e. The summed E-state index contributed by atoms with van der Waals surface area (Å²) in [6, 6.07) is 3.60. The molecule has 0 aliphatic heterocycles. The van der Waals surface area contributed by atoms with Gasteiger partial charge in [0, 0.05) is 18.1 Å². The molecule has 5 nitrogen and oxygen atoms in total. The van der Waals surface area contributed by atoms with E-state index in [9.17, 15) is 4.79 Å². The van der Waals surface area contributed by atoms with Crippen molar-refractivity contribution in [3.8, 4) is 0 Å². The molecule has 2 heterocycles. The van der Waals surface area contributed by atoms with Crippen LogP contribution in [0.5, 0.6) is 0 Å². The van der Waals surface area contributed by atoms with Gasteiger partial charge in [0.25, 0.3) is 5.91 Å². The summed E-state index contributed by atoms with van der Waals surface area (Å²) in [5.74, 6) is 0.665. The van der Waals surface area contributed by atoms with Crippen molar-refractivity contribution in [2.45, 2.75) is 33.2 Å². The average Bonchev–Trinajstić information content (AvgIpc) is 2.99. The van der Waals surface area contributed by atoms with Crippen LogP contribution in [0, 0.1) is 0 Å². The molecule has 6 heteroatoms. The second-order valence-corrected chi connectivity index (χ2v) is 5.57. The normalized spacial score (nSPS) is 10.4. The second-order valence-electron chi connectivity index (χ2n) is 4.63. The topological polar surface area (TPSA) is 66.9 Å². The summed E-state index contributed by atoms with van der Waals surface area (Å²) >= 11 is 1.57. The average molecular weight is 304 g/mol. The van der Waals surface area contributed by atoms with E-state index in [1.807, 2.05) is 11.4 Å². The highest BCUT2D eigenvalue weighted by Crippen LogP contribution is 2.10. The first-order valence-electron chi connectivity index (χ1n) is 7.14. The first-order chi connectivity index (χ1) is 10.2. The van der Waals surface area contributed by atoms with E-state index in [0.29, 0.717) is 12.1 Å². The van der Waals surface area contributed by atoms with Gasteiger partial charge in [-0.3, -0.25) is 4.79 Å². The second kappa shape index (κ2) is 7.73. The number of anilines is 1. The Morgan fingerprint density at radius 1 is 1.33 bits per heavy atom. The number of hydrogen-bond acceptors (Lipinski definition) is 5. The van der Waals surface area contributed by atoms with E-state index in [2.05, 4.69) is 34.4 Å². The maximum atomic E-state index is 12.0. The number of amides is 1. The van der Waals surface area contributed by atoms with E-state index in [0.717, 1.165) is 35.9 Å². The van der Waals surface area contributed by atoms with Crippen LogP contribution in [0.1, 0.15) is 41.3 Å². The Bertz CT molecular complexity index is 580. The first kappa shape index (κ1) is 15.4. The minimum atomic E-state index is -0.127. The predicted octanol–water partition coefficient (Wildman–Crippen LogP) is 2.85. The van der Waals surface area contributed by atoms with Gasteiger partial charge in [0.2, 0.25) is 0 Å². The molecule has 21 heavy (non-hydrogen) atoms. The Kier molecular flexibility index (Phi) is 5.68. The van der Waals surface area contributed by atoms with Crippen molar-refractivity contribution in [1.29, 1.82) is 0 Å². The van der Waals surface area contributed by atoms with Gasteiger partial charge in [-0.15, -0.1) is 11.3 Å². The molecule has 2 N–H and O–H groups in total. The summed E-state index contributed by atoms with van der Waals surface area (Å²) in [7, 11) is 0. The van der Waals surface area contributed by atoms with E-state index in [4.69, 9.17) is 0 Å². The van der Waals surface area contributed by atoms with Crippen LogP contribution in [-0.2, 0) is 13.0 Å². The molecule has 0 radical (unpaired) electrons. The predicted molar refractivity (Wildman–Crippen MR) is 85.7 cm³/mol. The van der Waals surface area contributed by atoms with Crippen LogP contribution < -0.4 is 10.6 Å². The fraction of sp³-hybridized carbons (Fsp3) is 0.400. The number of carbonyl (C=O) groups is 1. The molecule has 0 unspecified atom stereocenters. The van der Waals surface area contributed by atoms with Gasteiger partial charge < -0.3 is 10.6 Å². The molecule has 0 spiro atoms. The lowest BCUT2D eigenvalue weighted by Crippen LogP contribution is -2.23. The highest BCUT2D eigenvalue weighted by atomic mass is 32.1. The molecule has 2 rings (SSSR count). The van der Waals surface area contributed by atoms with Crippen molar-refractivity contribution >= 4 is 23.1 Å². The number of nitrogens with zero attached hydrogens (tertiary/aromatic N) is 2. The quantitative estimate of drug-likeness (QED) is 0.825. The Labute approximate surface area is 128 Å². The minimum Gasteiger partial charge on any atom is -0.370 e. The molecule has 0 fully saturated rings. The lowest BCUT2D eigenvalue weighted by molar-refractivity contribution is 0.0950. The molecule has 1 amide bonds. The van der Waals surface area contributed by atoms with E-state index in [1.54, 1.807) is 23.6 Å². The third-order valence-corrected chi connectivity index (χ3v) is 3.84. The van der Waals surface area contributed by atoms with Crippen molar-refractivity contribution < 1.29 is 4.79 Å². The molecular weight excluding hydrogens is 284 g/mol. The van der Waals surface area contributed by atoms with Crippen LogP contribution >= 0.6 is 11.3 Å². The van der Waals surface area contributed by atoms with Gasteiger partial charge in [-0.25, -0.2) is 9.97 Å². The van der Waals surface area contributed by atoms with Crippen molar-refractivity contribution in [1.82, 2.24) is 15.3 Å². The smallest absolute Gasteiger partial charge is 0.253 e. The van der Waals surface area contributed by atoms with Crippen molar-refractivity contribution in [2.24, 2.45) is 0 Å². The number of pyridine rings is 1. The summed E-state index contributed by atoms with van der Waals surface area (Å²) in [6.07, 6.45) is 3.55. The summed E-state index contributed by atoms with van der Waals surface area (Å²) in [4.78, 5) is 20.7. The number of aromatic nitrogens is 2. The minimum absolute atomic E-state index is 0.127. The van der Waals surface area contributed by atoms with Crippen LogP contribution in [0.15, 0.2) is 23.7 Å². The molecule has 0 saturated carbocycles. The SMILES string of the molecule is CCCNc1ccc(C(=O)NCc2nc(CC)cs2)cn1. The fourth-order valence-electron chi connectivity index (χ4n) is 1.74. The molecule has 0 aromatic carbocycles. The standard InChI is InChI=1S/C15H20N4OS/c1-3-7-16-13-6-5-11(8-17-13)15(20)18-9-14-19-12(4-2)10-21-14/h5-6,8,10H,3-4,7,9H2,1-2H3,(H,16,17)(H,18,20). The van der Waals surface area contributed by atoms with E-state index >= 15 is 0 Å². The molecule has 112 valence electrons. The third-order valence-electron chi connectivity index (χ3n) is 2.94. The van der Waals surface area contributed by atoms with Crippen molar-refractivity contribution in [2.75, 3.05) is 11.9 Å². The zero-order valence-corrected chi connectivity index (χ0v) is 13.2. The first-order valence-corrected chi connectivity index (χ1v) is 8.02. The fourth-order valence-corrected chi connectivity index (χ4v) is 2.55. The van der Waals surface area contributed by atoms with Gasteiger partial charge in [0.15, 0.2) is 0 Å². The van der Waals surface area contributed by atoms with Crippen molar-refractivity contribution in [3.05, 3.63) is 40.0 Å². The Balaban J connectivity index is 1.87. The highest BCUT2D eigenvalue weighted by Gasteiger charge is 2.07. The maximum Gasteiger partial charge on any atom is 0.253 e. The zero-order chi connectivity index (χ0) is 15.1. The number of hydrogen-bond donors (Lipinski definition) is 2. The number of thiazole rings is 1.